The van der Waals surface area contributed by atoms with E-state index >= 15 is 0 Å². The van der Waals surface area contributed by atoms with Gasteiger partial charge in [0.2, 0.25) is 0 Å². The molecule has 0 fully saturated rings. The van der Waals surface area contributed by atoms with E-state index in [0.717, 1.165) is 27.3 Å². The first kappa shape index (κ1) is 11.6. The van der Waals surface area contributed by atoms with E-state index in [2.05, 4.69) is 53.5 Å². The number of hydrogen-bond acceptors (Lipinski definition) is 2. The van der Waals surface area contributed by atoms with Crippen molar-refractivity contribution in [2.24, 2.45) is 0 Å². The highest BCUT2D eigenvalue weighted by molar-refractivity contribution is 6.13. The third-order valence-corrected chi connectivity index (χ3v) is 4.26. The first-order valence-corrected chi connectivity index (χ1v) is 7.36. The molecule has 0 radical (unpaired) electrons. The largest absolute Gasteiger partial charge is 0.255 e. The van der Waals surface area contributed by atoms with E-state index in [1.807, 2.05) is 24.4 Å². The van der Waals surface area contributed by atoms with E-state index in [4.69, 9.17) is 4.98 Å². The van der Waals surface area contributed by atoms with Gasteiger partial charge < -0.3 is 0 Å². The Kier molecular flexibility index (Phi) is 2.25. The second-order valence-corrected chi connectivity index (χ2v) is 5.55. The molecule has 2 heterocycles. The molecule has 0 saturated carbocycles. The van der Waals surface area contributed by atoms with Gasteiger partial charge in [-0.25, -0.2) is 4.98 Å². The summed E-state index contributed by atoms with van der Waals surface area (Å²) < 4.78 is 0. The predicted octanol–water partition coefficient (Wildman–Crippen LogP) is 5.09. The molecule has 0 spiro atoms. The Hall–Kier alpha value is -3.00. The molecular formula is C20H12N2. The van der Waals surface area contributed by atoms with Crippen LogP contribution in [0.25, 0.3) is 43.5 Å². The Balaban J connectivity index is 2.02. The normalized spacial score (nSPS) is 11.6. The fourth-order valence-corrected chi connectivity index (χ4v) is 3.18. The highest BCUT2D eigenvalue weighted by Crippen LogP contribution is 2.29. The molecule has 2 nitrogen and oxygen atoms in total. The van der Waals surface area contributed by atoms with Crippen molar-refractivity contribution in [3.8, 4) is 0 Å². The van der Waals surface area contributed by atoms with Crippen LogP contribution in [0.3, 0.4) is 0 Å². The van der Waals surface area contributed by atoms with Gasteiger partial charge in [0.15, 0.2) is 0 Å². The first-order chi connectivity index (χ1) is 10.9. The number of rotatable bonds is 0. The van der Waals surface area contributed by atoms with Gasteiger partial charge in [-0.1, -0.05) is 48.5 Å². The van der Waals surface area contributed by atoms with Gasteiger partial charge in [-0.2, -0.15) is 0 Å². The third-order valence-electron chi connectivity index (χ3n) is 4.26. The maximum absolute atomic E-state index is 4.92. The number of fused-ring (bicyclic) bond motifs is 6. The Bertz CT molecular complexity index is 1080. The molecule has 2 aromatic heterocycles. The minimum atomic E-state index is 0.989. The van der Waals surface area contributed by atoms with Crippen LogP contribution in [-0.2, 0) is 0 Å². The van der Waals surface area contributed by atoms with E-state index in [1.165, 1.54) is 16.2 Å². The summed E-state index contributed by atoms with van der Waals surface area (Å²) in [5.74, 6) is 0. The molecule has 5 rings (SSSR count). The minimum absolute atomic E-state index is 0.989. The zero-order chi connectivity index (χ0) is 14.5. The molecule has 0 bridgehead atoms. The summed E-state index contributed by atoms with van der Waals surface area (Å²) in [6.45, 7) is 0. The minimum Gasteiger partial charge on any atom is -0.255 e. The van der Waals surface area contributed by atoms with E-state index in [-0.39, 0.29) is 0 Å². The monoisotopic (exact) mass is 280 g/mol. The third kappa shape index (κ3) is 1.55. The summed E-state index contributed by atoms with van der Waals surface area (Å²) in [7, 11) is 0. The smallest absolute Gasteiger partial charge is 0.0819 e. The Morgan fingerprint density at radius 2 is 1.41 bits per heavy atom. The Labute approximate surface area is 127 Å². The molecule has 0 atom stereocenters. The number of hydrogen-bond donors (Lipinski definition) is 0. The SMILES string of the molecule is c1ccc2c(c1)ccc1nc3c(cnc4ccccc43)cc12. The van der Waals surface area contributed by atoms with E-state index in [1.54, 1.807) is 0 Å². The van der Waals surface area contributed by atoms with Gasteiger partial charge in [0.05, 0.1) is 16.6 Å². The standard InChI is InChI=1S/C20H12N2/c1-2-6-15-13(5-1)9-10-19-17(15)11-14-12-21-18-8-4-3-7-16(18)20(14)22-19/h1-12H. The number of nitrogens with zero attached hydrogens (tertiary/aromatic N) is 2. The summed E-state index contributed by atoms with van der Waals surface area (Å²) in [5, 5.41) is 5.85. The molecule has 0 amide bonds. The molecule has 0 aliphatic heterocycles. The summed E-state index contributed by atoms with van der Waals surface area (Å²) in [6.07, 6.45) is 1.92. The average Bonchev–Trinajstić information content (AvgIpc) is 2.60. The van der Waals surface area contributed by atoms with Crippen molar-refractivity contribution in [1.29, 1.82) is 0 Å². The van der Waals surface area contributed by atoms with Crippen molar-refractivity contribution in [2.45, 2.75) is 0 Å². The zero-order valence-electron chi connectivity index (χ0n) is 11.8. The second-order valence-electron chi connectivity index (χ2n) is 5.55. The Morgan fingerprint density at radius 1 is 0.591 bits per heavy atom. The Morgan fingerprint density at radius 3 is 2.36 bits per heavy atom. The van der Waals surface area contributed by atoms with Gasteiger partial charge in [0.1, 0.15) is 0 Å². The van der Waals surface area contributed by atoms with Crippen LogP contribution < -0.4 is 0 Å². The molecule has 0 unspecified atom stereocenters. The van der Waals surface area contributed by atoms with E-state index in [0.29, 0.717) is 0 Å². The maximum atomic E-state index is 4.92. The highest BCUT2D eigenvalue weighted by Gasteiger charge is 2.07. The topological polar surface area (TPSA) is 25.8 Å². The molecular weight excluding hydrogens is 268 g/mol. The molecule has 0 aliphatic rings. The van der Waals surface area contributed by atoms with Crippen molar-refractivity contribution in [2.75, 3.05) is 0 Å². The van der Waals surface area contributed by atoms with Gasteiger partial charge in [-0.15, -0.1) is 0 Å². The fraction of sp³-hybridized carbons (Fsp3) is 0. The van der Waals surface area contributed by atoms with E-state index in [9.17, 15) is 0 Å². The number of aromatic nitrogens is 2. The first-order valence-electron chi connectivity index (χ1n) is 7.36. The summed E-state index contributed by atoms with van der Waals surface area (Å²) in [5.41, 5.74) is 3.04. The molecule has 102 valence electrons. The molecule has 0 N–H and O–H groups in total. The quantitative estimate of drug-likeness (QED) is 0.292. The summed E-state index contributed by atoms with van der Waals surface area (Å²) in [4.78, 5) is 9.47. The lowest BCUT2D eigenvalue weighted by Gasteiger charge is -2.07. The van der Waals surface area contributed by atoms with Crippen molar-refractivity contribution < 1.29 is 0 Å². The predicted molar refractivity (Wildman–Crippen MR) is 92.1 cm³/mol. The van der Waals surface area contributed by atoms with E-state index < -0.39 is 0 Å². The van der Waals surface area contributed by atoms with Crippen LogP contribution in [0.4, 0.5) is 0 Å². The fourth-order valence-electron chi connectivity index (χ4n) is 3.18. The van der Waals surface area contributed by atoms with Crippen LogP contribution in [0.2, 0.25) is 0 Å². The highest BCUT2D eigenvalue weighted by atomic mass is 14.7. The van der Waals surface area contributed by atoms with Crippen molar-refractivity contribution in [3.05, 3.63) is 72.9 Å². The number of pyridine rings is 2. The van der Waals surface area contributed by atoms with Gasteiger partial charge in [0, 0.05) is 22.4 Å². The van der Waals surface area contributed by atoms with Gasteiger partial charge >= 0.3 is 0 Å². The van der Waals surface area contributed by atoms with Crippen LogP contribution in [-0.4, -0.2) is 9.97 Å². The van der Waals surface area contributed by atoms with Gasteiger partial charge in [0.25, 0.3) is 0 Å². The van der Waals surface area contributed by atoms with Crippen LogP contribution in [0, 0.1) is 0 Å². The number of para-hydroxylation sites is 1. The molecule has 3 aromatic carbocycles. The lowest BCUT2D eigenvalue weighted by molar-refractivity contribution is 1.42. The zero-order valence-corrected chi connectivity index (χ0v) is 11.8. The van der Waals surface area contributed by atoms with Crippen LogP contribution in [0.15, 0.2) is 72.9 Å². The maximum Gasteiger partial charge on any atom is 0.0819 e. The molecule has 5 aromatic rings. The molecule has 0 saturated heterocycles. The van der Waals surface area contributed by atoms with Crippen molar-refractivity contribution in [3.63, 3.8) is 0 Å². The van der Waals surface area contributed by atoms with Crippen molar-refractivity contribution >= 4 is 43.5 Å². The average molecular weight is 280 g/mol. The van der Waals surface area contributed by atoms with Crippen molar-refractivity contribution in [1.82, 2.24) is 9.97 Å². The summed E-state index contributed by atoms with van der Waals surface area (Å²) >= 11 is 0. The lowest BCUT2D eigenvalue weighted by Crippen LogP contribution is -1.87. The van der Waals surface area contributed by atoms with Gasteiger partial charge in [-0.3, -0.25) is 4.98 Å². The lowest BCUT2D eigenvalue weighted by atomic mass is 10.0. The van der Waals surface area contributed by atoms with Crippen LogP contribution >= 0.6 is 0 Å². The molecule has 0 aliphatic carbocycles. The second kappa shape index (κ2) is 4.25. The summed E-state index contributed by atoms with van der Waals surface area (Å²) in [6, 6.07) is 23.0. The number of benzene rings is 3. The molecule has 2 heteroatoms. The van der Waals surface area contributed by atoms with Gasteiger partial charge in [-0.05, 0) is 29.0 Å². The molecule has 22 heavy (non-hydrogen) atoms. The van der Waals surface area contributed by atoms with Crippen LogP contribution in [0.5, 0.6) is 0 Å². The van der Waals surface area contributed by atoms with Crippen LogP contribution in [0.1, 0.15) is 0 Å².